The van der Waals surface area contributed by atoms with E-state index >= 15 is 0 Å². The minimum Gasteiger partial charge on any atom is -0.352 e. The van der Waals surface area contributed by atoms with Gasteiger partial charge < -0.3 is 10.2 Å². The monoisotopic (exact) mass is 519 g/mol. The van der Waals surface area contributed by atoms with E-state index in [0.29, 0.717) is 11.3 Å². The van der Waals surface area contributed by atoms with Gasteiger partial charge in [0, 0.05) is 25.6 Å². The summed E-state index contributed by atoms with van der Waals surface area (Å²) < 4.78 is 39.8. The van der Waals surface area contributed by atoms with E-state index in [4.69, 9.17) is 0 Å². The van der Waals surface area contributed by atoms with Gasteiger partial charge in [-0.2, -0.15) is 0 Å². The van der Waals surface area contributed by atoms with Gasteiger partial charge in [0.15, 0.2) is 0 Å². The second kappa shape index (κ2) is 12.9. The van der Waals surface area contributed by atoms with Gasteiger partial charge in [0.1, 0.15) is 11.9 Å². The summed E-state index contributed by atoms with van der Waals surface area (Å²) in [5.41, 5.74) is 3.13. The van der Waals surface area contributed by atoms with Gasteiger partial charge in [-0.25, -0.2) is 12.8 Å². The van der Waals surface area contributed by atoms with Gasteiger partial charge >= 0.3 is 0 Å². The maximum Gasteiger partial charge on any atom is 0.242 e. The van der Waals surface area contributed by atoms with Crippen molar-refractivity contribution in [3.63, 3.8) is 0 Å². The molecule has 0 aliphatic carbocycles. The minimum absolute atomic E-state index is 0.0383. The third-order valence-electron chi connectivity index (χ3n) is 6.43. The fourth-order valence-electron chi connectivity index (χ4n) is 3.82. The average molecular weight is 520 g/mol. The average Bonchev–Trinajstić information content (AvgIpc) is 2.82. The number of anilines is 1. The molecule has 2 amide bonds. The van der Waals surface area contributed by atoms with Crippen molar-refractivity contribution in [1.82, 2.24) is 10.2 Å². The van der Waals surface area contributed by atoms with Crippen molar-refractivity contribution in [2.24, 2.45) is 0 Å². The van der Waals surface area contributed by atoms with E-state index in [1.807, 2.05) is 39.8 Å². The maximum atomic E-state index is 13.4. The maximum absolute atomic E-state index is 13.4. The Labute approximate surface area is 214 Å². The number of hydrogen-bond acceptors (Lipinski definition) is 4. The van der Waals surface area contributed by atoms with Crippen LogP contribution in [0.5, 0.6) is 0 Å². The first kappa shape index (κ1) is 29.3. The first-order valence-electron chi connectivity index (χ1n) is 12.2. The highest BCUT2D eigenvalue weighted by Gasteiger charge is 2.27. The van der Waals surface area contributed by atoms with Crippen LogP contribution >= 0.6 is 0 Å². The van der Waals surface area contributed by atoms with E-state index in [1.165, 1.54) is 21.3 Å². The summed E-state index contributed by atoms with van der Waals surface area (Å²) in [5.74, 6) is -0.931. The van der Waals surface area contributed by atoms with E-state index in [9.17, 15) is 22.4 Å². The van der Waals surface area contributed by atoms with Gasteiger partial charge in [-0.15, -0.1) is 0 Å². The molecule has 0 heterocycles. The summed E-state index contributed by atoms with van der Waals surface area (Å²) in [6, 6.07) is 10.5. The Kier molecular flexibility index (Phi) is 10.5. The summed E-state index contributed by atoms with van der Waals surface area (Å²) in [4.78, 5) is 27.6. The third kappa shape index (κ3) is 8.05. The highest BCUT2D eigenvalue weighted by atomic mass is 32.2. The summed E-state index contributed by atoms with van der Waals surface area (Å²) in [6.45, 7) is 9.58. The predicted octanol–water partition coefficient (Wildman–Crippen LogP) is 4.32. The number of nitrogens with one attached hydrogen (secondary N) is 1. The van der Waals surface area contributed by atoms with Crippen molar-refractivity contribution in [3.05, 3.63) is 65.0 Å². The largest absolute Gasteiger partial charge is 0.352 e. The van der Waals surface area contributed by atoms with E-state index in [2.05, 4.69) is 5.32 Å². The van der Waals surface area contributed by atoms with Crippen LogP contribution in [0.25, 0.3) is 0 Å². The Morgan fingerprint density at radius 1 is 1.06 bits per heavy atom. The second-order valence-corrected chi connectivity index (χ2v) is 11.2. The van der Waals surface area contributed by atoms with Crippen molar-refractivity contribution in [1.29, 1.82) is 0 Å². The summed E-state index contributed by atoms with van der Waals surface area (Å²) in [5, 5.41) is 2.91. The molecule has 7 nitrogen and oxygen atoms in total. The minimum atomic E-state index is -3.57. The Bertz CT molecular complexity index is 1150. The number of nitrogens with zero attached hydrogens (tertiary/aromatic N) is 2. The van der Waals surface area contributed by atoms with Gasteiger partial charge in [0.2, 0.25) is 21.8 Å². The van der Waals surface area contributed by atoms with E-state index in [1.54, 1.807) is 25.1 Å². The molecule has 0 saturated carbocycles. The van der Waals surface area contributed by atoms with Crippen LogP contribution in [0, 0.1) is 19.7 Å². The lowest BCUT2D eigenvalue weighted by Crippen LogP contribution is -2.49. The number of sulfonamides is 1. The number of carbonyl (C=O) groups is 2. The molecule has 0 spiro atoms. The number of halogens is 1. The summed E-state index contributed by atoms with van der Waals surface area (Å²) in [6.07, 6.45) is 2.24. The molecular formula is C27H38FN3O4S. The molecule has 2 rings (SSSR count). The normalized spacial score (nSPS) is 13.1. The fraction of sp³-hybridized carbons (Fsp3) is 0.481. The Morgan fingerprint density at radius 2 is 1.69 bits per heavy atom. The molecule has 0 aliphatic rings. The first-order valence-corrected chi connectivity index (χ1v) is 14.1. The van der Waals surface area contributed by atoms with Gasteiger partial charge in [-0.3, -0.25) is 13.9 Å². The van der Waals surface area contributed by atoms with Crippen LogP contribution < -0.4 is 9.62 Å². The van der Waals surface area contributed by atoms with Gasteiger partial charge in [-0.1, -0.05) is 31.2 Å². The number of aryl methyl sites for hydroxylation is 1. The lowest BCUT2D eigenvalue weighted by atomic mass is 10.1. The molecule has 198 valence electrons. The predicted molar refractivity (Wildman–Crippen MR) is 142 cm³/mol. The van der Waals surface area contributed by atoms with Crippen molar-refractivity contribution >= 4 is 27.5 Å². The van der Waals surface area contributed by atoms with Crippen LogP contribution in [-0.2, 0) is 26.2 Å². The van der Waals surface area contributed by atoms with Gasteiger partial charge in [0.05, 0.1) is 11.9 Å². The van der Waals surface area contributed by atoms with E-state index < -0.39 is 16.1 Å². The molecule has 0 radical (unpaired) electrons. The standard InChI is InChI=1S/C27H38FN3O4S/c1-7-20(3)29-27(33)22(5)30(18-23-13-15-24(28)16-14-23)26(32)12-9-17-31(36(6,34)35)25-11-8-10-19(2)21(25)4/h8,10-11,13-16,20,22H,7,9,12,17-18H2,1-6H3,(H,29,33)/t20-,22-/m1/s1. The SMILES string of the molecule is CC[C@@H](C)NC(=O)[C@@H](C)N(Cc1ccc(F)cc1)C(=O)CCCN(c1cccc(C)c1C)S(C)(=O)=O. The topological polar surface area (TPSA) is 86.8 Å². The highest BCUT2D eigenvalue weighted by Crippen LogP contribution is 2.25. The smallest absolute Gasteiger partial charge is 0.242 e. The molecule has 2 atom stereocenters. The van der Waals surface area contributed by atoms with Crippen molar-refractivity contribution < 1.29 is 22.4 Å². The molecule has 0 unspecified atom stereocenters. The molecule has 0 saturated heterocycles. The van der Waals surface area contributed by atoms with Crippen LogP contribution in [0.3, 0.4) is 0 Å². The number of rotatable bonds is 12. The van der Waals surface area contributed by atoms with Gasteiger partial charge in [0.25, 0.3) is 0 Å². The molecule has 0 aromatic heterocycles. The van der Waals surface area contributed by atoms with Crippen molar-refractivity contribution in [2.45, 2.75) is 72.5 Å². The fourth-order valence-corrected chi connectivity index (χ4v) is 4.84. The Balaban J connectivity index is 2.20. The summed E-state index contributed by atoms with van der Waals surface area (Å²) >= 11 is 0. The Morgan fingerprint density at radius 3 is 2.28 bits per heavy atom. The molecule has 2 aromatic rings. The van der Waals surface area contributed by atoms with Gasteiger partial charge in [-0.05, 0) is 75.4 Å². The van der Waals surface area contributed by atoms with E-state index in [-0.39, 0.29) is 49.6 Å². The molecular weight excluding hydrogens is 481 g/mol. The van der Waals surface area contributed by atoms with Crippen molar-refractivity contribution in [2.75, 3.05) is 17.1 Å². The zero-order valence-electron chi connectivity index (χ0n) is 22.0. The number of hydrogen-bond donors (Lipinski definition) is 1. The van der Waals surface area contributed by atoms with Crippen molar-refractivity contribution in [3.8, 4) is 0 Å². The molecule has 9 heteroatoms. The molecule has 2 aromatic carbocycles. The first-order chi connectivity index (χ1) is 16.8. The van der Waals surface area contributed by atoms with Crippen LogP contribution in [-0.4, -0.2) is 50.0 Å². The zero-order chi connectivity index (χ0) is 27.0. The Hall–Kier alpha value is -2.94. The van der Waals surface area contributed by atoms with Crippen LogP contribution in [0.1, 0.15) is 56.7 Å². The third-order valence-corrected chi connectivity index (χ3v) is 7.61. The number of carbonyl (C=O) groups excluding carboxylic acids is 2. The molecule has 0 aliphatic heterocycles. The number of benzene rings is 2. The molecule has 36 heavy (non-hydrogen) atoms. The summed E-state index contributed by atoms with van der Waals surface area (Å²) in [7, 11) is -3.57. The van der Waals surface area contributed by atoms with Crippen LogP contribution in [0.4, 0.5) is 10.1 Å². The number of amides is 2. The molecule has 1 N–H and O–H groups in total. The van der Waals surface area contributed by atoms with Crippen LogP contribution in [0.2, 0.25) is 0 Å². The quantitative estimate of drug-likeness (QED) is 0.453. The highest BCUT2D eigenvalue weighted by molar-refractivity contribution is 7.92. The van der Waals surface area contributed by atoms with E-state index in [0.717, 1.165) is 23.8 Å². The van der Waals surface area contributed by atoms with Crippen LogP contribution in [0.15, 0.2) is 42.5 Å². The molecule has 0 bridgehead atoms. The zero-order valence-corrected chi connectivity index (χ0v) is 22.9. The second-order valence-electron chi connectivity index (χ2n) is 9.30. The lowest BCUT2D eigenvalue weighted by Gasteiger charge is -2.30. The lowest BCUT2D eigenvalue weighted by molar-refractivity contribution is -0.140. The molecule has 0 fully saturated rings.